The second kappa shape index (κ2) is 54.3. The predicted octanol–water partition coefficient (Wildman–Crippen LogP) is 18.1. The highest BCUT2D eigenvalue weighted by molar-refractivity contribution is 7.45. The lowest BCUT2D eigenvalue weighted by Gasteiger charge is -2.30. The van der Waals surface area contributed by atoms with Gasteiger partial charge in [-0.25, -0.2) is 0 Å². The number of unbranched alkanes of at least 4 members (excludes halogenated alkanes) is 24. The molecule has 0 saturated carbocycles. The third kappa shape index (κ3) is 55.5. The summed E-state index contributed by atoms with van der Waals surface area (Å²) in [6.07, 6.45) is 72.2. The number of phosphoric acid groups is 1. The molecule has 0 aliphatic heterocycles. The van der Waals surface area contributed by atoms with Gasteiger partial charge in [-0.15, -0.1) is 0 Å². The number of amides is 1. The Balaban J connectivity index is 5.43. The van der Waals surface area contributed by atoms with Crippen molar-refractivity contribution < 1.29 is 37.3 Å². The quantitative estimate of drug-likeness (QED) is 0.0212. The Kier molecular flexibility index (Phi) is 52.1. The van der Waals surface area contributed by atoms with Crippen LogP contribution in [0.25, 0.3) is 0 Å². The van der Waals surface area contributed by atoms with E-state index in [1.807, 2.05) is 33.3 Å². The number of hydrogen-bond acceptors (Lipinski definition) is 7. The van der Waals surface area contributed by atoms with E-state index >= 15 is 0 Å². The lowest BCUT2D eigenvalue weighted by atomic mass is 10.0. The Morgan fingerprint density at radius 2 is 0.813 bits per heavy atom. The standard InChI is InChI=1S/C65H115N2O7P/c1-7-10-13-16-19-22-25-28-30-32-33-35-36-39-42-45-48-51-54-57-64(68)66-62(61-73-75(70,71)72-60-59-67(4,5)6)63(56-53-50-47-44-41-38-27-24-21-18-15-12-9-3)74-65(69)58-55-52-49-46-43-40-37-34-31-29-26-23-20-17-14-11-8-2/h19-20,22-23,28-31,33,35,37,39-40,42,53,56,62-63H,7-18,21,24-27,32,34,36,38,41,43-52,54-55,57-61H2,1-6H3,(H-,66,68,70,71)/b22-19-,23-20-,30-28-,31-29-,35-33-,40-37-,42-39-,56-53+. The van der Waals surface area contributed by atoms with Gasteiger partial charge in [-0.05, 0) is 115 Å². The zero-order chi connectivity index (χ0) is 55.0. The van der Waals surface area contributed by atoms with E-state index in [1.165, 1.54) is 109 Å². The number of nitrogens with one attached hydrogen (secondary N) is 1. The number of quaternary nitrogens is 1. The molecule has 0 fully saturated rings. The first kappa shape index (κ1) is 71.9. The average molecular weight is 1070 g/mol. The van der Waals surface area contributed by atoms with Crippen molar-refractivity contribution in [3.8, 4) is 0 Å². The summed E-state index contributed by atoms with van der Waals surface area (Å²) in [4.78, 5) is 40.0. The minimum absolute atomic E-state index is 0.0371. The molecule has 0 heterocycles. The van der Waals surface area contributed by atoms with Crippen molar-refractivity contribution in [1.82, 2.24) is 5.32 Å². The zero-order valence-corrected chi connectivity index (χ0v) is 50.1. The van der Waals surface area contributed by atoms with Crippen LogP contribution in [-0.2, 0) is 27.9 Å². The summed E-state index contributed by atoms with van der Waals surface area (Å²) >= 11 is 0. The molecule has 0 rings (SSSR count). The number of phosphoric ester groups is 1. The molecule has 1 amide bonds. The van der Waals surface area contributed by atoms with Crippen molar-refractivity contribution in [2.24, 2.45) is 0 Å². The largest absolute Gasteiger partial charge is 0.756 e. The molecule has 3 atom stereocenters. The predicted molar refractivity (Wildman–Crippen MR) is 321 cm³/mol. The van der Waals surface area contributed by atoms with E-state index in [0.29, 0.717) is 23.9 Å². The number of carbonyl (C=O) groups is 2. The minimum Gasteiger partial charge on any atom is -0.756 e. The van der Waals surface area contributed by atoms with Gasteiger partial charge >= 0.3 is 5.97 Å². The molecule has 3 unspecified atom stereocenters. The topological polar surface area (TPSA) is 114 Å². The summed E-state index contributed by atoms with van der Waals surface area (Å²) in [5.41, 5.74) is 0. The molecule has 0 radical (unpaired) electrons. The molecule has 0 bridgehead atoms. The molecule has 0 aromatic heterocycles. The van der Waals surface area contributed by atoms with Crippen LogP contribution in [0.2, 0.25) is 0 Å². The normalized spacial score (nSPS) is 14.4. The van der Waals surface area contributed by atoms with Crippen LogP contribution in [0.15, 0.2) is 97.2 Å². The van der Waals surface area contributed by atoms with Gasteiger partial charge in [-0.2, -0.15) is 0 Å². The van der Waals surface area contributed by atoms with Crippen molar-refractivity contribution in [1.29, 1.82) is 0 Å². The van der Waals surface area contributed by atoms with E-state index in [4.69, 9.17) is 13.8 Å². The molecule has 0 aliphatic carbocycles. The van der Waals surface area contributed by atoms with E-state index in [2.05, 4.69) is 111 Å². The third-order valence-corrected chi connectivity index (χ3v) is 14.0. The van der Waals surface area contributed by atoms with Crippen molar-refractivity contribution >= 4 is 19.7 Å². The van der Waals surface area contributed by atoms with E-state index in [0.717, 1.165) is 96.3 Å². The Labute approximate surface area is 462 Å². The van der Waals surface area contributed by atoms with Crippen molar-refractivity contribution in [3.63, 3.8) is 0 Å². The maximum Gasteiger partial charge on any atom is 0.306 e. The van der Waals surface area contributed by atoms with E-state index in [1.54, 1.807) is 0 Å². The molecule has 9 nitrogen and oxygen atoms in total. The highest BCUT2D eigenvalue weighted by Gasteiger charge is 2.27. The van der Waals surface area contributed by atoms with Gasteiger partial charge in [0.1, 0.15) is 19.3 Å². The molecule has 0 aromatic rings. The zero-order valence-electron chi connectivity index (χ0n) is 49.2. The van der Waals surface area contributed by atoms with Gasteiger partial charge in [-0.1, -0.05) is 221 Å². The molecule has 75 heavy (non-hydrogen) atoms. The monoisotopic (exact) mass is 1070 g/mol. The summed E-state index contributed by atoms with van der Waals surface area (Å²) in [6, 6.07) is -0.920. The van der Waals surface area contributed by atoms with Crippen LogP contribution in [0.3, 0.4) is 0 Å². The third-order valence-electron chi connectivity index (χ3n) is 13.0. The first-order valence-electron chi connectivity index (χ1n) is 30.5. The fourth-order valence-electron chi connectivity index (χ4n) is 8.22. The van der Waals surface area contributed by atoms with Crippen LogP contribution in [0.5, 0.6) is 0 Å². The van der Waals surface area contributed by atoms with E-state index in [-0.39, 0.29) is 31.3 Å². The van der Waals surface area contributed by atoms with Gasteiger partial charge in [0.2, 0.25) is 5.91 Å². The summed E-state index contributed by atoms with van der Waals surface area (Å²) in [7, 11) is 1.14. The van der Waals surface area contributed by atoms with Crippen LogP contribution < -0.4 is 10.2 Å². The first-order valence-corrected chi connectivity index (χ1v) is 32.0. The summed E-state index contributed by atoms with van der Waals surface area (Å²) in [5, 5.41) is 3.00. The summed E-state index contributed by atoms with van der Waals surface area (Å²) in [5.74, 6) is -0.606. The SMILES string of the molecule is CCCCC/C=C\C/C=C\C/C=C\C/C=C\CCCCCC(=O)NC(COP(=O)([O-])OCC[N+](C)(C)C)C(/C=C/CCCCCCCCCCCCC)OC(=O)CCCCCC/C=C\C/C=C\C/C=C\CCCCC. The lowest BCUT2D eigenvalue weighted by molar-refractivity contribution is -0.870. The van der Waals surface area contributed by atoms with Crippen LogP contribution in [0, 0.1) is 0 Å². The second-order valence-corrected chi connectivity index (χ2v) is 22.9. The molecule has 0 spiro atoms. The Morgan fingerprint density at radius 3 is 1.25 bits per heavy atom. The molecule has 0 aliphatic rings. The Hall–Kier alpha value is -3.07. The van der Waals surface area contributed by atoms with E-state index in [9.17, 15) is 19.0 Å². The number of likely N-dealkylation sites (N-methyl/N-ethyl adjacent to an activating group) is 1. The molecular weight excluding hydrogens is 952 g/mol. The minimum atomic E-state index is -4.72. The number of nitrogens with zero attached hydrogens (tertiary/aromatic N) is 1. The maximum atomic E-state index is 13.5. The maximum absolute atomic E-state index is 13.5. The van der Waals surface area contributed by atoms with Gasteiger partial charge in [0, 0.05) is 12.8 Å². The molecule has 10 heteroatoms. The highest BCUT2D eigenvalue weighted by atomic mass is 31.2. The summed E-state index contributed by atoms with van der Waals surface area (Å²) < 4.78 is 30.3. The van der Waals surface area contributed by atoms with Crippen LogP contribution in [0.1, 0.15) is 252 Å². The van der Waals surface area contributed by atoms with Crippen LogP contribution >= 0.6 is 7.82 Å². The second-order valence-electron chi connectivity index (χ2n) is 21.5. The number of ether oxygens (including phenoxy) is 1. The first-order chi connectivity index (χ1) is 36.4. The fourth-order valence-corrected chi connectivity index (χ4v) is 8.94. The average Bonchev–Trinajstić information content (AvgIpc) is 3.37. The number of esters is 1. The number of carbonyl (C=O) groups excluding carboxylic acids is 2. The fraction of sp³-hybridized carbons (Fsp3) is 0.723. The van der Waals surface area contributed by atoms with Gasteiger partial charge in [0.15, 0.2) is 0 Å². The van der Waals surface area contributed by atoms with Crippen molar-refractivity contribution in [3.05, 3.63) is 97.2 Å². The highest BCUT2D eigenvalue weighted by Crippen LogP contribution is 2.38. The van der Waals surface area contributed by atoms with Crippen LogP contribution in [-0.4, -0.2) is 69.4 Å². The molecule has 0 aromatic carbocycles. The Morgan fingerprint density at radius 1 is 0.467 bits per heavy atom. The van der Waals surface area contributed by atoms with Gasteiger partial charge in [-0.3, -0.25) is 14.2 Å². The number of hydrogen-bond donors (Lipinski definition) is 1. The van der Waals surface area contributed by atoms with Crippen molar-refractivity contribution in [2.75, 3.05) is 40.9 Å². The molecular formula is C65H115N2O7P. The smallest absolute Gasteiger partial charge is 0.306 e. The van der Waals surface area contributed by atoms with Crippen molar-refractivity contribution in [2.45, 2.75) is 264 Å². The lowest BCUT2D eigenvalue weighted by Crippen LogP contribution is -2.47. The molecule has 0 saturated heterocycles. The van der Waals surface area contributed by atoms with Gasteiger partial charge in [0.25, 0.3) is 7.82 Å². The van der Waals surface area contributed by atoms with Gasteiger partial charge in [0.05, 0.1) is 33.8 Å². The van der Waals surface area contributed by atoms with E-state index < -0.39 is 26.6 Å². The van der Waals surface area contributed by atoms with Gasteiger partial charge < -0.3 is 28.5 Å². The Bertz CT molecular complexity index is 1610. The van der Waals surface area contributed by atoms with Crippen LogP contribution in [0.4, 0.5) is 0 Å². The number of allylic oxidation sites excluding steroid dienone is 15. The molecule has 1 N–H and O–H groups in total. The molecule has 432 valence electrons. The number of rotatable bonds is 54. The summed E-state index contributed by atoms with van der Waals surface area (Å²) in [6.45, 7) is 6.74.